The molecule has 308 valence electrons. The Hall–Kier alpha value is -4.52. The summed E-state index contributed by atoms with van der Waals surface area (Å²) in [5.41, 5.74) is 2.83. The van der Waals surface area contributed by atoms with Crippen LogP contribution in [0.4, 0.5) is 10.5 Å². The third kappa shape index (κ3) is 12.7. The molecule has 4 rings (SSSR count). The van der Waals surface area contributed by atoms with E-state index < -0.39 is 70.0 Å². The van der Waals surface area contributed by atoms with Crippen LogP contribution in [0.15, 0.2) is 67.1 Å². The summed E-state index contributed by atoms with van der Waals surface area (Å²) in [6, 6.07) is 13.5. The molecule has 6 N–H and O–H groups in total. The number of carbonyl (C=O) groups is 4. The molecule has 22 heteroatoms. The molecule has 57 heavy (non-hydrogen) atoms. The second-order valence-corrected chi connectivity index (χ2v) is 17.6. The highest BCUT2D eigenvalue weighted by atomic mass is 31.2. The first-order valence-electron chi connectivity index (χ1n) is 17.8. The van der Waals surface area contributed by atoms with Gasteiger partial charge in [0, 0.05) is 38.7 Å². The third-order valence-electron chi connectivity index (χ3n) is 8.79. The summed E-state index contributed by atoms with van der Waals surface area (Å²) >= 11 is 0. The number of benzene rings is 2. The van der Waals surface area contributed by atoms with Gasteiger partial charge < -0.3 is 49.4 Å². The predicted molar refractivity (Wildman–Crippen MR) is 207 cm³/mol. The fourth-order valence-electron chi connectivity index (χ4n) is 5.73. The van der Waals surface area contributed by atoms with Crippen LogP contribution < -0.4 is 20.9 Å². The molecule has 0 fully saturated rings. The lowest BCUT2D eigenvalue weighted by atomic mass is 9.73. The number of carbonyl (C=O) groups excluding carboxylic acids is 4. The average molecular weight is 833 g/mol. The summed E-state index contributed by atoms with van der Waals surface area (Å²) in [7, 11) is -7.66. The van der Waals surface area contributed by atoms with Crippen LogP contribution in [-0.4, -0.2) is 100 Å². The first-order valence-corrected chi connectivity index (χ1v) is 20.7. The Morgan fingerprint density at radius 2 is 1.75 bits per heavy atom. The van der Waals surface area contributed by atoms with Gasteiger partial charge >= 0.3 is 20.8 Å². The molecule has 3 aromatic rings. The zero-order chi connectivity index (χ0) is 41.8. The van der Waals surface area contributed by atoms with Gasteiger partial charge in [-0.15, -0.1) is 0 Å². The van der Waals surface area contributed by atoms with E-state index in [-0.39, 0.29) is 44.4 Å². The third-order valence-corrected chi connectivity index (χ3v) is 12.5. The summed E-state index contributed by atoms with van der Waals surface area (Å²) in [5, 5.41) is 15.1. The van der Waals surface area contributed by atoms with Crippen LogP contribution in [-0.2, 0) is 56.9 Å². The van der Waals surface area contributed by atoms with Crippen LogP contribution in [0.25, 0.3) is 0 Å². The summed E-state index contributed by atoms with van der Waals surface area (Å²) < 4.78 is 45.6. The number of aromatic nitrogens is 2. The maximum atomic E-state index is 13.9. The van der Waals surface area contributed by atoms with Gasteiger partial charge in [-0.2, -0.15) is 0 Å². The number of nitrogens with one attached hydrogen (secondary N) is 3. The molecule has 0 bridgehead atoms. The van der Waals surface area contributed by atoms with E-state index in [2.05, 4.69) is 30.4 Å². The molecular weight excluding hydrogens is 785 g/mol. The molecule has 2 heterocycles. The molecule has 0 radical (unpaired) electrons. The van der Waals surface area contributed by atoms with Crippen molar-refractivity contribution < 1.29 is 61.8 Å². The van der Waals surface area contributed by atoms with E-state index in [0.717, 1.165) is 18.2 Å². The van der Waals surface area contributed by atoms with Gasteiger partial charge in [0.2, 0.25) is 24.9 Å². The molecule has 0 saturated heterocycles. The van der Waals surface area contributed by atoms with Gasteiger partial charge in [0.05, 0.1) is 38.3 Å². The monoisotopic (exact) mass is 832 g/mol. The number of hydrogen-bond donors (Lipinski definition) is 6. The van der Waals surface area contributed by atoms with E-state index in [4.69, 9.17) is 14.0 Å². The first kappa shape index (κ1) is 45.2. The number of fused-ring (bicyclic) bond motifs is 1. The van der Waals surface area contributed by atoms with E-state index in [1.165, 1.54) is 30.5 Å². The smallest absolute Gasteiger partial charge is 0.447 e. The highest BCUT2D eigenvalue weighted by Gasteiger charge is 2.52. The number of nitrogens with zero attached hydrogens (tertiary/aromatic N) is 3. The maximum absolute atomic E-state index is 13.9. The highest BCUT2D eigenvalue weighted by molar-refractivity contribution is 7.67. The highest BCUT2D eigenvalue weighted by Crippen LogP contribution is 2.63. The summed E-state index contributed by atoms with van der Waals surface area (Å²) in [5.74, 6) is -2.53. The largest absolute Gasteiger partial charge is 0.481 e. The van der Waals surface area contributed by atoms with E-state index in [9.17, 15) is 43.2 Å². The minimum absolute atomic E-state index is 0.0647. The number of anilines is 1. The normalized spacial score (nSPS) is 15.5. The first-order chi connectivity index (χ1) is 27.0. The molecule has 19 nitrogen and oxygen atoms in total. The predicted octanol–water partition coefficient (Wildman–Crippen LogP) is 2.15. The number of amides is 4. The topological polar surface area (TPSA) is 265 Å². The van der Waals surface area contributed by atoms with Crippen LogP contribution in [0.1, 0.15) is 53.9 Å². The zero-order valence-corrected chi connectivity index (χ0v) is 33.7. The Balaban J connectivity index is 1.36. The fourth-order valence-corrected chi connectivity index (χ4v) is 7.94. The van der Waals surface area contributed by atoms with Crippen molar-refractivity contribution in [2.24, 2.45) is 5.92 Å². The Bertz CT molecular complexity index is 1930. The molecule has 1 aromatic heterocycles. The van der Waals surface area contributed by atoms with E-state index in [0.29, 0.717) is 17.7 Å². The molecular formula is C35H47BN6O13P2. The Labute approximate surface area is 330 Å². The van der Waals surface area contributed by atoms with Crippen LogP contribution in [0.5, 0.6) is 0 Å². The summed E-state index contributed by atoms with van der Waals surface area (Å²) in [4.78, 5) is 80.1. The average Bonchev–Trinajstić information content (AvgIpc) is 3.40. The standard InChI is InChI=1S/C35H47BN6O13P2/c1-23(2)16-30(41-32(44)28(17-24-8-6-5-7-9-24)40-33(45)29-20-37-12-13-38-29)36-54-21-25-10-11-27(18-26(25)22-55-36)42(3)34(46)53-15-14-39-31(43)19-35(47,56(48)52-4)57(49,50)51/h5-13,18,20,23,28,30,47,56H,14-17,19,21-22H2,1-4H3,(H,39,43)(H,40,45)(H,41,44)(H2,49,50,51)/t28-,30-,35?/m0/s1. The Morgan fingerprint density at radius 1 is 1.05 bits per heavy atom. The molecule has 0 aliphatic carbocycles. The SMILES string of the molecule is CO[PH](=O)C(O)(CC(=O)NCCOC(=O)N(C)c1ccc2c(c1)COB([C@H](CC(C)C)NC(=O)[C@H](Cc1ccccc1)NC(=O)c1cnccn1)OC2)P(=O)(O)O. The van der Waals surface area contributed by atoms with Crippen molar-refractivity contribution >= 4 is 52.2 Å². The van der Waals surface area contributed by atoms with Gasteiger partial charge in [0.1, 0.15) is 18.3 Å². The molecule has 1 aliphatic rings. The lowest BCUT2D eigenvalue weighted by Crippen LogP contribution is -2.56. The Kier molecular flexibility index (Phi) is 16.5. The number of aliphatic hydroxyl groups is 1. The summed E-state index contributed by atoms with van der Waals surface area (Å²) in [6.07, 6.45) is 2.84. The molecule has 0 spiro atoms. The van der Waals surface area contributed by atoms with Crippen molar-refractivity contribution in [2.45, 2.75) is 63.4 Å². The number of hydrogen-bond acceptors (Lipinski definition) is 13. The maximum Gasteiger partial charge on any atom is 0.481 e. The van der Waals surface area contributed by atoms with Crippen LogP contribution in [0.3, 0.4) is 0 Å². The van der Waals surface area contributed by atoms with E-state index in [1.54, 1.807) is 18.2 Å². The fraction of sp³-hybridized carbons (Fsp3) is 0.429. The molecule has 4 atom stereocenters. The van der Waals surface area contributed by atoms with Gasteiger partial charge in [-0.3, -0.25) is 33.4 Å². The number of rotatable bonds is 18. The quantitative estimate of drug-likeness (QED) is 0.0609. The van der Waals surface area contributed by atoms with Crippen molar-refractivity contribution in [3.63, 3.8) is 0 Å². The van der Waals surface area contributed by atoms with Gasteiger partial charge in [-0.25, -0.2) is 9.78 Å². The Morgan fingerprint density at radius 3 is 2.39 bits per heavy atom. The van der Waals surface area contributed by atoms with E-state index in [1.807, 2.05) is 44.2 Å². The van der Waals surface area contributed by atoms with Crippen molar-refractivity contribution in [3.05, 3.63) is 89.5 Å². The number of ether oxygens (including phenoxy) is 1. The van der Waals surface area contributed by atoms with Gasteiger partial charge in [0.15, 0.2) is 0 Å². The molecule has 2 unspecified atom stereocenters. The van der Waals surface area contributed by atoms with E-state index >= 15 is 0 Å². The van der Waals surface area contributed by atoms with Crippen molar-refractivity contribution in [3.8, 4) is 0 Å². The van der Waals surface area contributed by atoms with Gasteiger partial charge in [0.25, 0.3) is 5.91 Å². The molecule has 4 amide bonds. The summed E-state index contributed by atoms with van der Waals surface area (Å²) in [6.45, 7) is 3.57. The second kappa shape index (κ2) is 20.8. The van der Waals surface area contributed by atoms with Gasteiger partial charge in [-0.1, -0.05) is 50.2 Å². The van der Waals surface area contributed by atoms with Crippen molar-refractivity contribution in [1.82, 2.24) is 25.9 Å². The zero-order valence-electron chi connectivity index (χ0n) is 31.8. The molecule has 1 aliphatic heterocycles. The second-order valence-electron chi connectivity index (χ2n) is 13.5. The van der Waals surface area contributed by atoms with Crippen LogP contribution in [0, 0.1) is 5.92 Å². The molecule has 0 saturated carbocycles. The van der Waals surface area contributed by atoms with Gasteiger partial charge in [-0.05, 0) is 41.2 Å². The molecule has 2 aromatic carbocycles. The van der Waals surface area contributed by atoms with Crippen molar-refractivity contribution in [1.29, 1.82) is 0 Å². The van der Waals surface area contributed by atoms with Crippen molar-refractivity contribution in [2.75, 3.05) is 32.2 Å². The lowest BCUT2D eigenvalue weighted by Gasteiger charge is -2.27. The van der Waals surface area contributed by atoms with Crippen LogP contribution >= 0.6 is 15.6 Å². The van der Waals surface area contributed by atoms with Crippen LogP contribution in [0.2, 0.25) is 0 Å². The minimum atomic E-state index is -5.41. The minimum Gasteiger partial charge on any atom is -0.447 e. The lowest BCUT2D eigenvalue weighted by molar-refractivity contribution is -0.124.